The van der Waals surface area contributed by atoms with E-state index in [-0.39, 0.29) is 0 Å². The lowest BCUT2D eigenvalue weighted by Crippen LogP contribution is -2.39. The summed E-state index contributed by atoms with van der Waals surface area (Å²) >= 11 is 0. The minimum atomic E-state index is 0.386. The maximum atomic E-state index is 3.19. The average Bonchev–Trinajstić information content (AvgIpc) is 1.94. The summed E-state index contributed by atoms with van der Waals surface area (Å²) in [5.41, 5.74) is 0.386. The minimum absolute atomic E-state index is 0.386. The number of nitrogens with zero attached hydrogens (tertiary/aromatic N) is 1. The van der Waals surface area contributed by atoms with Crippen LogP contribution in [0.25, 0.3) is 0 Å². The number of rotatable bonds is 5. The molecule has 0 aliphatic carbocycles. The maximum Gasteiger partial charge on any atom is 0.0138 e. The summed E-state index contributed by atoms with van der Waals surface area (Å²) in [6.45, 7) is 8.07. The van der Waals surface area contributed by atoms with Crippen molar-refractivity contribution in [3.05, 3.63) is 0 Å². The molecule has 0 rings (SSSR count). The second-order valence-electron chi connectivity index (χ2n) is 5.09. The third-order valence-electron chi connectivity index (χ3n) is 2.53. The van der Waals surface area contributed by atoms with Crippen LogP contribution < -0.4 is 5.32 Å². The van der Waals surface area contributed by atoms with E-state index in [9.17, 15) is 0 Å². The molecule has 0 bridgehead atoms. The van der Waals surface area contributed by atoms with Gasteiger partial charge in [-0.3, -0.25) is 0 Å². The smallest absolute Gasteiger partial charge is 0.0138 e. The first kappa shape index (κ1) is 12.9. The largest absolute Gasteiger partial charge is 0.320 e. The molecule has 2 heteroatoms. The standard InChI is InChI=1S/C11H26N2/c1-11(2,3)10(13(5)6)8-7-9-12-4/h10,12H,7-9H2,1-6H3. The molecule has 0 aromatic carbocycles. The highest BCUT2D eigenvalue weighted by Gasteiger charge is 2.25. The monoisotopic (exact) mass is 186 g/mol. The van der Waals surface area contributed by atoms with E-state index in [0.717, 1.165) is 6.54 Å². The summed E-state index contributed by atoms with van der Waals surface area (Å²) in [6, 6.07) is 0.681. The van der Waals surface area contributed by atoms with Crippen LogP contribution in [0.2, 0.25) is 0 Å². The van der Waals surface area contributed by atoms with Crippen LogP contribution in [0.5, 0.6) is 0 Å². The van der Waals surface area contributed by atoms with Gasteiger partial charge in [0.05, 0.1) is 0 Å². The van der Waals surface area contributed by atoms with E-state index in [0.29, 0.717) is 11.5 Å². The SMILES string of the molecule is CNCCCC(N(C)C)C(C)(C)C. The lowest BCUT2D eigenvalue weighted by Gasteiger charge is -2.36. The lowest BCUT2D eigenvalue weighted by atomic mass is 9.83. The van der Waals surface area contributed by atoms with Gasteiger partial charge in [-0.05, 0) is 45.9 Å². The van der Waals surface area contributed by atoms with Crippen molar-refractivity contribution in [3.8, 4) is 0 Å². The van der Waals surface area contributed by atoms with E-state index in [2.05, 4.69) is 45.1 Å². The topological polar surface area (TPSA) is 15.3 Å². The van der Waals surface area contributed by atoms with E-state index in [1.807, 2.05) is 7.05 Å². The summed E-state index contributed by atoms with van der Waals surface area (Å²) in [7, 11) is 6.37. The zero-order valence-corrected chi connectivity index (χ0v) is 10.1. The fourth-order valence-corrected chi connectivity index (χ4v) is 1.94. The van der Waals surface area contributed by atoms with Crippen molar-refractivity contribution in [2.75, 3.05) is 27.7 Å². The van der Waals surface area contributed by atoms with Crippen molar-refractivity contribution in [3.63, 3.8) is 0 Å². The second kappa shape index (κ2) is 5.61. The Morgan fingerprint density at radius 2 is 1.77 bits per heavy atom. The van der Waals surface area contributed by atoms with Gasteiger partial charge in [0.2, 0.25) is 0 Å². The average molecular weight is 186 g/mol. The number of nitrogens with one attached hydrogen (secondary N) is 1. The van der Waals surface area contributed by atoms with Crippen molar-refractivity contribution >= 4 is 0 Å². The molecule has 0 aromatic heterocycles. The van der Waals surface area contributed by atoms with Gasteiger partial charge < -0.3 is 10.2 Å². The molecule has 0 saturated carbocycles. The van der Waals surface area contributed by atoms with Crippen molar-refractivity contribution in [1.29, 1.82) is 0 Å². The molecule has 2 nitrogen and oxygen atoms in total. The Kier molecular flexibility index (Phi) is 5.57. The van der Waals surface area contributed by atoms with Gasteiger partial charge in [0.1, 0.15) is 0 Å². The van der Waals surface area contributed by atoms with Crippen molar-refractivity contribution in [2.45, 2.75) is 39.7 Å². The fraction of sp³-hybridized carbons (Fsp3) is 1.00. The van der Waals surface area contributed by atoms with Crippen molar-refractivity contribution < 1.29 is 0 Å². The molecular weight excluding hydrogens is 160 g/mol. The zero-order valence-electron chi connectivity index (χ0n) is 10.1. The molecule has 13 heavy (non-hydrogen) atoms. The van der Waals surface area contributed by atoms with Crippen molar-refractivity contribution in [1.82, 2.24) is 10.2 Å². The maximum absolute atomic E-state index is 3.19. The first-order valence-electron chi connectivity index (χ1n) is 5.20. The Balaban J connectivity index is 3.97. The predicted octanol–water partition coefficient (Wildman–Crippen LogP) is 1.96. The first-order chi connectivity index (χ1) is 5.89. The minimum Gasteiger partial charge on any atom is -0.320 e. The Hall–Kier alpha value is -0.0800. The summed E-state index contributed by atoms with van der Waals surface area (Å²) in [5, 5.41) is 3.19. The highest BCUT2D eigenvalue weighted by molar-refractivity contribution is 4.80. The van der Waals surface area contributed by atoms with Gasteiger partial charge >= 0.3 is 0 Å². The third-order valence-corrected chi connectivity index (χ3v) is 2.53. The molecule has 0 spiro atoms. The van der Waals surface area contributed by atoms with E-state index >= 15 is 0 Å². The van der Waals surface area contributed by atoms with Gasteiger partial charge in [-0.15, -0.1) is 0 Å². The molecule has 1 atom stereocenters. The molecule has 0 fully saturated rings. The summed E-state index contributed by atoms with van der Waals surface area (Å²) < 4.78 is 0. The van der Waals surface area contributed by atoms with Crippen LogP contribution in [0.15, 0.2) is 0 Å². The van der Waals surface area contributed by atoms with Gasteiger partial charge in [-0.1, -0.05) is 20.8 Å². The molecule has 0 heterocycles. The van der Waals surface area contributed by atoms with Crippen LogP contribution >= 0.6 is 0 Å². The van der Waals surface area contributed by atoms with Crippen LogP contribution in [0, 0.1) is 5.41 Å². The second-order valence-corrected chi connectivity index (χ2v) is 5.09. The van der Waals surface area contributed by atoms with E-state index in [1.165, 1.54) is 12.8 Å². The molecule has 0 radical (unpaired) electrons. The molecule has 0 amide bonds. The molecule has 0 aromatic rings. The normalized spacial score (nSPS) is 15.0. The third kappa shape index (κ3) is 5.27. The molecular formula is C11H26N2. The molecule has 1 unspecified atom stereocenters. The molecule has 0 saturated heterocycles. The fourth-order valence-electron chi connectivity index (χ4n) is 1.94. The molecule has 0 aliphatic heterocycles. The lowest BCUT2D eigenvalue weighted by molar-refractivity contribution is 0.140. The zero-order chi connectivity index (χ0) is 10.5. The number of hydrogen-bond acceptors (Lipinski definition) is 2. The molecule has 0 aliphatic rings. The van der Waals surface area contributed by atoms with Crippen LogP contribution in [0.4, 0.5) is 0 Å². The quantitative estimate of drug-likeness (QED) is 0.660. The molecule has 1 N–H and O–H groups in total. The van der Waals surface area contributed by atoms with E-state index < -0.39 is 0 Å². The van der Waals surface area contributed by atoms with E-state index in [1.54, 1.807) is 0 Å². The van der Waals surface area contributed by atoms with Crippen LogP contribution in [0.1, 0.15) is 33.6 Å². The van der Waals surface area contributed by atoms with Gasteiger partial charge in [0, 0.05) is 6.04 Å². The Labute approximate surface area is 83.7 Å². The first-order valence-corrected chi connectivity index (χ1v) is 5.20. The summed E-state index contributed by atoms with van der Waals surface area (Å²) in [6.07, 6.45) is 2.54. The van der Waals surface area contributed by atoms with Crippen LogP contribution in [0.3, 0.4) is 0 Å². The van der Waals surface area contributed by atoms with E-state index in [4.69, 9.17) is 0 Å². The summed E-state index contributed by atoms with van der Waals surface area (Å²) in [4.78, 5) is 2.34. The highest BCUT2D eigenvalue weighted by Crippen LogP contribution is 2.26. The highest BCUT2D eigenvalue weighted by atomic mass is 15.1. The van der Waals surface area contributed by atoms with Gasteiger partial charge in [0.15, 0.2) is 0 Å². The van der Waals surface area contributed by atoms with Crippen LogP contribution in [-0.4, -0.2) is 38.6 Å². The Morgan fingerprint density at radius 1 is 1.23 bits per heavy atom. The van der Waals surface area contributed by atoms with Crippen LogP contribution in [-0.2, 0) is 0 Å². The Morgan fingerprint density at radius 3 is 2.08 bits per heavy atom. The van der Waals surface area contributed by atoms with Gasteiger partial charge in [-0.2, -0.15) is 0 Å². The van der Waals surface area contributed by atoms with Gasteiger partial charge in [0.25, 0.3) is 0 Å². The van der Waals surface area contributed by atoms with Crippen molar-refractivity contribution in [2.24, 2.45) is 5.41 Å². The summed E-state index contributed by atoms with van der Waals surface area (Å²) in [5.74, 6) is 0. The number of hydrogen-bond donors (Lipinski definition) is 1. The molecule has 80 valence electrons. The Bertz CT molecular complexity index is 125. The predicted molar refractivity (Wildman–Crippen MR) is 60.1 cm³/mol. The van der Waals surface area contributed by atoms with Gasteiger partial charge in [-0.25, -0.2) is 0 Å².